The summed E-state index contributed by atoms with van der Waals surface area (Å²) in [5.74, 6) is -0.963. The lowest BCUT2D eigenvalue weighted by atomic mass is 10.3. The van der Waals surface area contributed by atoms with Crippen LogP contribution >= 0.6 is 22.7 Å². The van der Waals surface area contributed by atoms with E-state index in [1.165, 1.54) is 22.7 Å². The summed E-state index contributed by atoms with van der Waals surface area (Å²) < 4.78 is 1.75. The van der Waals surface area contributed by atoms with Gasteiger partial charge in [0.25, 0.3) is 0 Å². The van der Waals surface area contributed by atoms with Crippen LogP contribution in [0.15, 0.2) is 23.0 Å². The van der Waals surface area contributed by atoms with Crippen molar-refractivity contribution in [2.75, 3.05) is 0 Å². The normalized spacial score (nSPS) is 11.3. The molecule has 0 unspecified atom stereocenters. The van der Waals surface area contributed by atoms with Gasteiger partial charge in [0.1, 0.15) is 0 Å². The molecule has 0 fully saturated rings. The third-order valence-corrected chi connectivity index (χ3v) is 4.79. The van der Waals surface area contributed by atoms with Crippen LogP contribution in [0.5, 0.6) is 0 Å². The van der Waals surface area contributed by atoms with Crippen molar-refractivity contribution in [3.8, 4) is 0 Å². The molecule has 1 N–H and O–H groups in total. The Hall–Kier alpha value is -1.66. The zero-order chi connectivity index (χ0) is 14.0. The minimum absolute atomic E-state index is 0.0472. The van der Waals surface area contributed by atoms with Crippen molar-refractivity contribution in [1.29, 1.82) is 0 Å². The number of nitrogens with zero attached hydrogens (tertiary/aromatic N) is 1. The van der Waals surface area contributed by atoms with Crippen LogP contribution in [0.3, 0.4) is 0 Å². The van der Waals surface area contributed by atoms with Crippen LogP contribution in [-0.4, -0.2) is 15.6 Å². The fourth-order valence-corrected chi connectivity index (χ4v) is 3.38. The summed E-state index contributed by atoms with van der Waals surface area (Å²) in [6.07, 6.45) is 2.67. The molecule has 19 heavy (non-hydrogen) atoms. The molecule has 0 aliphatic carbocycles. The van der Waals surface area contributed by atoms with Gasteiger partial charge in [-0.3, -0.25) is 9.36 Å². The van der Waals surface area contributed by atoms with E-state index in [-0.39, 0.29) is 4.87 Å². The number of carbonyl (C=O) groups is 1. The van der Waals surface area contributed by atoms with E-state index in [2.05, 4.69) is 0 Å². The van der Waals surface area contributed by atoms with E-state index in [0.29, 0.717) is 6.54 Å². The summed E-state index contributed by atoms with van der Waals surface area (Å²) in [7, 11) is 0. The highest BCUT2D eigenvalue weighted by Crippen LogP contribution is 2.20. The number of aryl methyl sites for hydroxylation is 1. The van der Waals surface area contributed by atoms with E-state index in [4.69, 9.17) is 5.11 Å². The minimum Gasteiger partial charge on any atom is -0.478 e. The Balaban J connectivity index is 2.20. The Bertz CT molecular complexity index is 691. The predicted octanol–water partition coefficient (Wildman–Crippen LogP) is 2.73. The van der Waals surface area contributed by atoms with Crippen LogP contribution in [0.4, 0.5) is 0 Å². The zero-order valence-corrected chi connectivity index (χ0v) is 12.2. The molecule has 0 radical (unpaired) electrons. The van der Waals surface area contributed by atoms with Crippen LogP contribution in [-0.2, 0) is 11.3 Å². The molecular formula is C13H13NO3S2. The van der Waals surface area contributed by atoms with Gasteiger partial charge in [0, 0.05) is 26.4 Å². The average Bonchev–Trinajstić information content (AvgIpc) is 2.88. The fraction of sp³-hybridized carbons (Fsp3) is 0.231. The topological polar surface area (TPSA) is 59.3 Å². The van der Waals surface area contributed by atoms with Crippen molar-refractivity contribution < 1.29 is 9.90 Å². The monoisotopic (exact) mass is 295 g/mol. The Morgan fingerprint density at radius 1 is 1.37 bits per heavy atom. The molecule has 4 nitrogen and oxygen atoms in total. The fourth-order valence-electron chi connectivity index (χ4n) is 1.65. The number of aromatic nitrogens is 1. The van der Waals surface area contributed by atoms with Crippen molar-refractivity contribution in [2.45, 2.75) is 20.4 Å². The summed E-state index contributed by atoms with van der Waals surface area (Å²) in [4.78, 5) is 25.2. The second-order valence-electron chi connectivity index (χ2n) is 4.07. The molecule has 2 aromatic heterocycles. The molecule has 0 bridgehead atoms. The Labute approximate surface area is 118 Å². The van der Waals surface area contributed by atoms with Gasteiger partial charge in [-0.05, 0) is 32.1 Å². The molecule has 0 saturated carbocycles. The maximum Gasteiger partial charge on any atom is 0.328 e. The predicted molar refractivity (Wildman–Crippen MR) is 78.1 cm³/mol. The summed E-state index contributed by atoms with van der Waals surface area (Å²) >= 11 is 2.75. The highest BCUT2D eigenvalue weighted by molar-refractivity contribution is 7.12. The number of thiazole rings is 1. The molecule has 0 amide bonds. The summed E-state index contributed by atoms with van der Waals surface area (Å²) in [5, 5.41) is 8.57. The van der Waals surface area contributed by atoms with Gasteiger partial charge in [-0.1, -0.05) is 11.3 Å². The number of thiophene rings is 1. The van der Waals surface area contributed by atoms with Crippen molar-refractivity contribution in [3.63, 3.8) is 0 Å². The van der Waals surface area contributed by atoms with Gasteiger partial charge in [0.05, 0.1) is 6.54 Å². The Morgan fingerprint density at radius 3 is 2.68 bits per heavy atom. The van der Waals surface area contributed by atoms with E-state index in [0.717, 1.165) is 26.4 Å². The second-order valence-corrected chi connectivity index (χ2v) is 6.44. The summed E-state index contributed by atoms with van der Waals surface area (Å²) in [5.41, 5.74) is 0.992. The average molecular weight is 295 g/mol. The lowest BCUT2D eigenvalue weighted by Crippen LogP contribution is -2.14. The number of hydrogen-bond acceptors (Lipinski definition) is 4. The lowest BCUT2D eigenvalue weighted by molar-refractivity contribution is -0.131. The van der Waals surface area contributed by atoms with Crippen LogP contribution in [0, 0.1) is 13.8 Å². The van der Waals surface area contributed by atoms with E-state index >= 15 is 0 Å². The highest BCUT2D eigenvalue weighted by Gasteiger charge is 2.08. The van der Waals surface area contributed by atoms with Crippen LogP contribution in [0.1, 0.15) is 20.3 Å². The lowest BCUT2D eigenvalue weighted by Gasteiger charge is -2.02. The first-order valence-corrected chi connectivity index (χ1v) is 7.27. The molecular weight excluding hydrogens is 282 g/mol. The third-order valence-electron chi connectivity index (χ3n) is 2.76. The standard InChI is InChI=1S/C13H13NO3S2/c1-8-9(2)18-13(17)14(8)7-11-4-3-10(19-11)5-6-12(15)16/h3-6H,7H2,1-2H3,(H,15,16). The number of aliphatic carboxylic acids is 1. The number of carboxylic acid groups (broad SMARTS) is 1. The van der Waals surface area contributed by atoms with Gasteiger partial charge in [-0.2, -0.15) is 0 Å². The molecule has 0 aliphatic heterocycles. The van der Waals surface area contributed by atoms with Crippen LogP contribution in [0.2, 0.25) is 0 Å². The van der Waals surface area contributed by atoms with Gasteiger partial charge in [-0.15, -0.1) is 11.3 Å². The molecule has 100 valence electrons. The first-order valence-electron chi connectivity index (χ1n) is 5.64. The van der Waals surface area contributed by atoms with E-state index < -0.39 is 5.97 Å². The minimum atomic E-state index is -0.963. The number of rotatable bonds is 4. The zero-order valence-electron chi connectivity index (χ0n) is 10.5. The smallest absolute Gasteiger partial charge is 0.328 e. The first-order chi connectivity index (χ1) is 8.97. The molecule has 0 saturated heterocycles. The molecule has 2 heterocycles. The molecule has 0 aromatic carbocycles. The summed E-state index contributed by atoms with van der Waals surface area (Å²) in [6, 6.07) is 3.78. The van der Waals surface area contributed by atoms with Crippen molar-refractivity contribution in [1.82, 2.24) is 4.57 Å². The SMILES string of the molecule is Cc1sc(=O)n(Cc2ccc(C=CC(=O)O)s2)c1C. The third kappa shape index (κ3) is 3.21. The maximum absolute atomic E-state index is 11.8. The quantitative estimate of drug-likeness (QED) is 0.882. The molecule has 0 spiro atoms. The first kappa shape index (κ1) is 13.8. The Kier molecular flexibility index (Phi) is 4.01. The molecule has 0 atom stereocenters. The van der Waals surface area contributed by atoms with Crippen molar-refractivity contribution in [2.24, 2.45) is 0 Å². The van der Waals surface area contributed by atoms with Gasteiger partial charge in [-0.25, -0.2) is 4.79 Å². The molecule has 0 aliphatic rings. The molecule has 6 heteroatoms. The van der Waals surface area contributed by atoms with Crippen molar-refractivity contribution >= 4 is 34.7 Å². The second kappa shape index (κ2) is 5.54. The largest absolute Gasteiger partial charge is 0.478 e. The van der Waals surface area contributed by atoms with Gasteiger partial charge in [0.2, 0.25) is 0 Å². The van der Waals surface area contributed by atoms with Crippen LogP contribution in [0.25, 0.3) is 6.08 Å². The van der Waals surface area contributed by atoms with E-state index in [1.807, 2.05) is 26.0 Å². The summed E-state index contributed by atoms with van der Waals surface area (Å²) in [6.45, 7) is 4.42. The number of hydrogen-bond donors (Lipinski definition) is 1. The maximum atomic E-state index is 11.8. The molecule has 2 rings (SSSR count). The van der Waals surface area contributed by atoms with Gasteiger partial charge in [0.15, 0.2) is 0 Å². The van der Waals surface area contributed by atoms with E-state index in [9.17, 15) is 9.59 Å². The molecule has 2 aromatic rings. The Morgan fingerprint density at radius 2 is 2.11 bits per heavy atom. The number of carboxylic acids is 1. The van der Waals surface area contributed by atoms with Crippen molar-refractivity contribution in [3.05, 3.63) is 48.2 Å². The van der Waals surface area contributed by atoms with Gasteiger partial charge >= 0.3 is 10.8 Å². The van der Waals surface area contributed by atoms with Gasteiger partial charge < -0.3 is 5.11 Å². The van der Waals surface area contributed by atoms with Crippen LogP contribution < -0.4 is 4.87 Å². The van der Waals surface area contributed by atoms with E-state index in [1.54, 1.807) is 10.6 Å². The highest BCUT2D eigenvalue weighted by atomic mass is 32.1.